The molecule has 1 aromatic rings. The van der Waals surface area contributed by atoms with Gasteiger partial charge in [-0.3, -0.25) is 0 Å². The lowest BCUT2D eigenvalue weighted by atomic mass is 10.1. The van der Waals surface area contributed by atoms with Gasteiger partial charge in [0.1, 0.15) is 5.82 Å². The summed E-state index contributed by atoms with van der Waals surface area (Å²) in [7, 11) is 0. The molecular formula is C11H16FN. The molecule has 0 aliphatic carbocycles. The van der Waals surface area contributed by atoms with Crippen LogP contribution in [0.1, 0.15) is 19.4 Å². The van der Waals surface area contributed by atoms with Crippen LogP contribution in [0, 0.1) is 5.82 Å². The van der Waals surface area contributed by atoms with Gasteiger partial charge in [-0.05, 0) is 37.6 Å². The van der Waals surface area contributed by atoms with Gasteiger partial charge < -0.3 is 5.32 Å². The second kappa shape index (κ2) is 4.97. The molecule has 0 aliphatic rings. The predicted octanol–water partition coefficient (Wildman–Crippen LogP) is 2.37. The Morgan fingerprint density at radius 3 is 2.85 bits per heavy atom. The number of halogens is 1. The van der Waals surface area contributed by atoms with E-state index in [1.54, 1.807) is 12.1 Å². The van der Waals surface area contributed by atoms with Gasteiger partial charge in [-0.2, -0.15) is 0 Å². The average Bonchev–Trinajstić information content (AvgIpc) is 2.04. The van der Waals surface area contributed by atoms with E-state index < -0.39 is 0 Å². The van der Waals surface area contributed by atoms with E-state index in [2.05, 4.69) is 19.2 Å². The van der Waals surface area contributed by atoms with E-state index in [0.29, 0.717) is 6.04 Å². The van der Waals surface area contributed by atoms with Gasteiger partial charge in [0.25, 0.3) is 0 Å². The lowest BCUT2D eigenvalue weighted by Crippen LogP contribution is -2.27. The van der Waals surface area contributed by atoms with Crippen molar-refractivity contribution in [3.63, 3.8) is 0 Å². The largest absolute Gasteiger partial charge is 0.314 e. The van der Waals surface area contributed by atoms with Crippen molar-refractivity contribution in [2.45, 2.75) is 26.3 Å². The van der Waals surface area contributed by atoms with Crippen LogP contribution in [0.4, 0.5) is 4.39 Å². The van der Waals surface area contributed by atoms with E-state index in [-0.39, 0.29) is 5.82 Å². The summed E-state index contributed by atoms with van der Waals surface area (Å²) in [6.07, 6.45) is 0.881. The van der Waals surface area contributed by atoms with Crippen LogP contribution in [0.5, 0.6) is 0 Å². The molecule has 1 aromatic carbocycles. The van der Waals surface area contributed by atoms with Gasteiger partial charge in [-0.25, -0.2) is 4.39 Å². The molecule has 1 unspecified atom stereocenters. The van der Waals surface area contributed by atoms with Gasteiger partial charge in [0.05, 0.1) is 0 Å². The zero-order chi connectivity index (χ0) is 9.68. The standard InChI is InChI=1S/C11H16FN/c1-3-13-9(2)7-10-5-4-6-11(12)8-10/h4-6,8-9,13H,3,7H2,1-2H3. The Balaban J connectivity index is 2.53. The van der Waals surface area contributed by atoms with Crippen LogP contribution in [0.2, 0.25) is 0 Å². The van der Waals surface area contributed by atoms with Gasteiger partial charge >= 0.3 is 0 Å². The number of hydrogen-bond donors (Lipinski definition) is 1. The van der Waals surface area contributed by atoms with E-state index in [4.69, 9.17) is 0 Å². The molecule has 0 bridgehead atoms. The highest BCUT2D eigenvalue weighted by atomic mass is 19.1. The zero-order valence-corrected chi connectivity index (χ0v) is 8.18. The summed E-state index contributed by atoms with van der Waals surface area (Å²) < 4.78 is 12.8. The molecule has 0 saturated heterocycles. The Hall–Kier alpha value is -0.890. The minimum Gasteiger partial charge on any atom is -0.314 e. The molecule has 13 heavy (non-hydrogen) atoms. The van der Waals surface area contributed by atoms with Gasteiger partial charge in [0, 0.05) is 6.04 Å². The number of nitrogens with one attached hydrogen (secondary N) is 1. The summed E-state index contributed by atoms with van der Waals surface area (Å²) in [6.45, 7) is 5.13. The van der Waals surface area contributed by atoms with Crippen LogP contribution in [0.3, 0.4) is 0 Å². The lowest BCUT2D eigenvalue weighted by Gasteiger charge is -2.11. The van der Waals surface area contributed by atoms with E-state index in [1.807, 2.05) is 6.07 Å². The van der Waals surface area contributed by atoms with Crippen molar-refractivity contribution < 1.29 is 4.39 Å². The third kappa shape index (κ3) is 3.55. The molecule has 0 aliphatic heterocycles. The Kier molecular flexibility index (Phi) is 3.90. The van der Waals surface area contributed by atoms with E-state index in [0.717, 1.165) is 18.5 Å². The number of benzene rings is 1. The molecule has 0 spiro atoms. The molecule has 0 heterocycles. The second-order valence-corrected chi connectivity index (χ2v) is 3.29. The first-order valence-corrected chi connectivity index (χ1v) is 4.70. The first-order chi connectivity index (χ1) is 6.22. The fourth-order valence-electron chi connectivity index (χ4n) is 1.44. The molecule has 1 N–H and O–H groups in total. The van der Waals surface area contributed by atoms with Crippen molar-refractivity contribution in [1.29, 1.82) is 0 Å². The van der Waals surface area contributed by atoms with E-state index in [1.165, 1.54) is 6.07 Å². The fraction of sp³-hybridized carbons (Fsp3) is 0.455. The van der Waals surface area contributed by atoms with Gasteiger partial charge in [-0.15, -0.1) is 0 Å². The summed E-state index contributed by atoms with van der Waals surface area (Å²) in [4.78, 5) is 0. The summed E-state index contributed by atoms with van der Waals surface area (Å²) in [5.74, 6) is -0.152. The van der Waals surface area contributed by atoms with Gasteiger partial charge in [-0.1, -0.05) is 19.1 Å². The summed E-state index contributed by atoms with van der Waals surface area (Å²) in [6, 6.07) is 7.18. The molecule has 1 atom stereocenters. The Bertz CT molecular complexity index is 260. The Morgan fingerprint density at radius 1 is 1.46 bits per heavy atom. The maximum atomic E-state index is 12.8. The molecule has 72 valence electrons. The molecule has 0 fully saturated rings. The van der Waals surface area contributed by atoms with Gasteiger partial charge in [0.15, 0.2) is 0 Å². The fourth-order valence-corrected chi connectivity index (χ4v) is 1.44. The minimum atomic E-state index is -0.152. The highest BCUT2D eigenvalue weighted by Crippen LogP contribution is 2.05. The van der Waals surface area contributed by atoms with Crippen LogP contribution in [-0.2, 0) is 6.42 Å². The third-order valence-corrected chi connectivity index (χ3v) is 1.98. The van der Waals surface area contributed by atoms with Crippen LogP contribution < -0.4 is 5.32 Å². The summed E-state index contributed by atoms with van der Waals surface area (Å²) in [5.41, 5.74) is 1.05. The number of hydrogen-bond acceptors (Lipinski definition) is 1. The van der Waals surface area contributed by atoms with Crippen molar-refractivity contribution in [1.82, 2.24) is 5.32 Å². The normalized spacial score (nSPS) is 12.8. The molecule has 0 radical (unpaired) electrons. The Morgan fingerprint density at radius 2 is 2.23 bits per heavy atom. The highest BCUT2D eigenvalue weighted by Gasteiger charge is 2.01. The SMILES string of the molecule is CCNC(C)Cc1cccc(F)c1. The third-order valence-electron chi connectivity index (χ3n) is 1.98. The van der Waals surface area contributed by atoms with Crippen LogP contribution >= 0.6 is 0 Å². The maximum Gasteiger partial charge on any atom is 0.123 e. The first kappa shape index (κ1) is 10.2. The molecule has 1 nitrogen and oxygen atoms in total. The maximum absolute atomic E-state index is 12.8. The Labute approximate surface area is 79.0 Å². The summed E-state index contributed by atoms with van der Waals surface area (Å²) in [5, 5.41) is 3.29. The molecule has 2 heteroatoms. The van der Waals surface area contributed by atoms with Crippen LogP contribution in [0.25, 0.3) is 0 Å². The topological polar surface area (TPSA) is 12.0 Å². The average molecular weight is 181 g/mol. The minimum absolute atomic E-state index is 0.152. The molecule has 0 aromatic heterocycles. The smallest absolute Gasteiger partial charge is 0.123 e. The monoisotopic (exact) mass is 181 g/mol. The second-order valence-electron chi connectivity index (χ2n) is 3.29. The highest BCUT2D eigenvalue weighted by molar-refractivity contribution is 5.17. The lowest BCUT2D eigenvalue weighted by molar-refractivity contribution is 0.561. The van der Waals surface area contributed by atoms with Crippen molar-refractivity contribution >= 4 is 0 Å². The number of likely N-dealkylation sites (N-methyl/N-ethyl adjacent to an activating group) is 1. The molecule has 1 rings (SSSR count). The summed E-state index contributed by atoms with van der Waals surface area (Å²) >= 11 is 0. The van der Waals surface area contributed by atoms with Gasteiger partial charge in [0.2, 0.25) is 0 Å². The van der Waals surface area contributed by atoms with Crippen molar-refractivity contribution in [2.75, 3.05) is 6.54 Å². The molecule has 0 amide bonds. The number of rotatable bonds is 4. The first-order valence-electron chi connectivity index (χ1n) is 4.70. The molecular weight excluding hydrogens is 165 g/mol. The van der Waals surface area contributed by atoms with Crippen molar-refractivity contribution in [3.8, 4) is 0 Å². The van der Waals surface area contributed by atoms with Crippen molar-refractivity contribution in [2.24, 2.45) is 0 Å². The predicted molar refractivity (Wildman–Crippen MR) is 53.2 cm³/mol. The van der Waals surface area contributed by atoms with Crippen molar-refractivity contribution in [3.05, 3.63) is 35.6 Å². The molecule has 0 saturated carbocycles. The quantitative estimate of drug-likeness (QED) is 0.752. The zero-order valence-electron chi connectivity index (χ0n) is 8.18. The van der Waals surface area contributed by atoms with Crippen LogP contribution in [-0.4, -0.2) is 12.6 Å². The van der Waals surface area contributed by atoms with E-state index in [9.17, 15) is 4.39 Å². The van der Waals surface area contributed by atoms with Crippen LogP contribution in [0.15, 0.2) is 24.3 Å². The van der Waals surface area contributed by atoms with E-state index >= 15 is 0 Å².